The van der Waals surface area contributed by atoms with Crippen LogP contribution < -0.4 is 0 Å². The second-order valence-electron chi connectivity index (χ2n) is 7.54. The molecule has 1 aliphatic heterocycles. The van der Waals surface area contributed by atoms with Gasteiger partial charge in [-0.05, 0) is 18.3 Å². The third-order valence-corrected chi connectivity index (χ3v) is 5.96. The van der Waals surface area contributed by atoms with E-state index in [4.69, 9.17) is 4.74 Å². The van der Waals surface area contributed by atoms with E-state index < -0.39 is 0 Å². The van der Waals surface area contributed by atoms with Gasteiger partial charge < -0.3 is 9.64 Å². The Morgan fingerprint density at radius 2 is 2.17 bits per heavy atom. The van der Waals surface area contributed by atoms with E-state index in [0.717, 1.165) is 24.6 Å². The number of aryl methyl sites for hydroxylation is 1. The highest BCUT2D eigenvalue weighted by Crippen LogP contribution is 2.50. The van der Waals surface area contributed by atoms with Gasteiger partial charge in [-0.25, -0.2) is 4.98 Å². The number of carbonyl (C=O) groups is 1. The van der Waals surface area contributed by atoms with Crippen LogP contribution in [0.1, 0.15) is 63.2 Å². The SMILES string of the molecule is CCc1nc([C@@H]2CN(C(=O)[C@H]3C[C@H]3C3CCCCC3)CCO2)n[nH]1. The van der Waals surface area contributed by atoms with Crippen molar-refractivity contribution in [1.29, 1.82) is 0 Å². The zero-order chi connectivity index (χ0) is 16.5. The second kappa shape index (κ2) is 6.82. The van der Waals surface area contributed by atoms with Crippen molar-refractivity contribution < 1.29 is 9.53 Å². The number of aromatic nitrogens is 3. The first-order valence-electron chi connectivity index (χ1n) is 9.57. The molecule has 0 unspecified atom stereocenters. The van der Waals surface area contributed by atoms with Crippen LogP contribution in [0.4, 0.5) is 0 Å². The van der Waals surface area contributed by atoms with Crippen LogP contribution in [0.2, 0.25) is 0 Å². The standard InChI is InChI=1S/C18H28N4O2/c1-2-16-19-17(21-20-16)15-11-22(8-9-24-15)18(23)14-10-13(14)12-6-4-3-5-7-12/h12-15H,2-11H2,1H3,(H,19,20,21)/t13-,14-,15-/m0/s1. The van der Waals surface area contributed by atoms with Crippen LogP contribution in [0.3, 0.4) is 0 Å². The van der Waals surface area contributed by atoms with E-state index in [2.05, 4.69) is 15.2 Å². The van der Waals surface area contributed by atoms with Gasteiger partial charge in [0, 0.05) is 18.9 Å². The summed E-state index contributed by atoms with van der Waals surface area (Å²) < 4.78 is 5.81. The van der Waals surface area contributed by atoms with Gasteiger partial charge in [-0.1, -0.05) is 39.0 Å². The molecule has 1 aromatic rings. The molecule has 132 valence electrons. The molecule has 0 bridgehead atoms. The van der Waals surface area contributed by atoms with Crippen LogP contribution in [0.5, 0.6) is 0 Å². The quantitative estimate of drug-likeness (QED) is 0.919. The Bertz CT molecular complexity index is 581. The van der Waals surface area contributed by atoms with E-state index in [-0.39, 0.29) is 12.0 Å². The van der Waals surface area contributed by atoms with Gasteiger partial charge >= 0.3 is 0 Å². The Balaban J connectivity index is 1.35. The molecule has 4 rings (SSSR count). The van der Waals surface area contributed by atoms with Crippen molar-refractivity contribution in [3.8, 4) is 0 Å². The molecule has 0 spiro atoms. The summed E-state index contributed by atoms with van der Waals surface area (Å²) >= 11 is 0. The lowest BCUT2D eigenvalue weighted by atomic mass is 9.85. The molecule has 2 aliphatic carbocycles. The number of morpholine rings is 1. The number of aromatic amines is 1. The molecule has 1 N–H and O–H groups in total. The molecule has 1 amide bonds. The molecule has 1 saturated heterocycles. The summed E-state index contributed by atoms with van der Waals surface area (Å²) in [4.78, 5) is 19.3. The van der Waals surface area contributed by atoms with Gasteiger partial charge in [0.2, 0.25) is 5.91 Å². The average Bonchev–Trinajstić information content (AvgIpc) is 3.30. The minimum absolute atomic E-state index is 0.189. The minimum atomic E-state index is -0.189. The van der Waals surface area contributed by atoms with E-state index in [1.165, 1.54) is 32.1 Å². The molecule has 1 aromatic heterocycles. The predicted molar refractivity (Wildman–Crippen MR) is 89.2 cm³/mol. The van der Waals surface area contributed by atoms with Crippen LogP contribution in [0.25, 0.3) is 0 Å². The molecule has 3 atom stereocenters. The van der Waals surface area contributed by atoms with Gasteiger partial charge in [0.25, 0.3) is 0 Å². The topological polar surface area (TPSA) is 71.1 Å². The number of hydrogen-bond acceptors (Lipinski definition) is 4. The summed E-state index contributed by atoms with van der Waals surface area (Å²) in [5.41, 5.74) is 0. The Hall–Kier alpha value is -1.43. The van der Waals surface area contributed by atoms with Crippen LogP contribution in [-0.2, 0) is 16.0 Å². The van der Waals surface area contributed by atoms with Crippen molar-refractivity contribution in [2.45, 2.75) is 58.0 Å². The first-order chi connectivity index (χ1) is 11.8. The summed E-state index contributed by atoms with van der Waals surface area (Å²) in [6.45, 7) is 3.91. The maximum Gasteiger partial charge on any atom is 0.226 e. The fourth-order valence-corrected chi connectivity index (χ4v) is 4.43. The Kier molecular flexibility index (Phi) is 4.57. The average molecular weight is 332 g/mol. The van der Waals surface area contributed by atoms with Gasteiger partial charge in [-0.15, -0.1) is 0 Å². The van der Waals surface area contributed by atoms with E-state index in [1.807, 2.05) is 11.8 Å². The summed E-state index contributed by atoms with van der Waals surface area (Å²) in [5, 5.41) is 7.19. The lowest BCUT2D eigenvalue weighted by Gasteiger charge is -2.32. The zero-order valence-corrected chi connectivity index (χ0v) is 14.5. The van der Waals surface area contributed by atoms with Gasteiger partial charge in [0.1, 0.15) is 11.9 Å². The maximum atomic E-state index is 12.9. The Labute approximate surface area is 143 Å². The fraction of sp³-hybridized carbons (Fsp3) is 0.833. The number of ether oxygens (including phenoxy) is 1. The lowest BCUT2D eigenvalue weighted by molar-refractivity contribution is -0.141. The van der Waals surface area contributed by atoms with Crippen LogP contribution in [-0.4, -0.2) is 45.7 Å². The minimum Gasteiger partial charge on any atom is -0.366 e. The van der Waals surface area contributed by atoms with Crippen molar-refractivity contribution >= 4 is 5.91 Å². The van der Waals surface area contributed by atoms with Crippen molar-refractivity contribution in [1.82, 2.24) is 20.1 Å². The van der Waals surface area contributed by atoms with Gasteiger partial charge in [-0.2, -0.15) is 5.10 Å². The highest BCUT2D eigenvalue weighted by Gasteiger charge is 2.49. The lowest BCUT2D eigenvalue weighted by Crippen LogP contribution is -2.43. The molecule has 3 aliphatic rings. The highest BCUT2D eigenvalue weighted by molar-refractivity contribution is 5.81. The molecule has 0 aromatic carbocycles. The van der Waals surface area contributed by atoms with Crippen LogP contribution >= 0.6 is 0 Å². The highest BCUT2D eigenvalue weighted by atomic mass is 16.5. The van der Waals surface area contributed by atoms with Crippen LogP contribution in [0, 0.1) is 17.8 Å². The molecular weight excluding hydrogens is 304 g/mol. The van der Waals surface area contributed by atoms with Gasteiger partial charge in [-0.3, -0.25) is 9.89 Å². The fourth-order valence-electron chi connectivity index (χ4n) is 4.43. The van der Waals surface area contributed by atoms with Crippen LogP contribution in [0.15, 0.2) is 0 Å². The number of amides is 1. The predicted octanol–water partition coefficient (Wildman–Crippen LogP) is 2.48. The van der Waals surface area contributed by atoms with E-state index in [1.54, 1.807) is 0 Å². The van der Waals surface area contributed by atoms with E-state index in [0.29, 0.717) is 37.3 Å². The number of nitrogens with zero attached hydrogens (tertiary/aromatic N) is 3. The number of H-pyrrole nitrogens is 1. The van der Waals surface area contributed by atoms with Gasteiger partial charge in [0.15, 0.2) is 5.82 Å². The van der Waals surface area contributed by atoms with Crippen molar-refractivity contribution in [3.63, 3.8) is 0 Å². The third kappa shape index (κ3) is 3.21. The molecule has 6 heteroatoms. The van der Waals surface area contributed by atoms with Gasteiger partial charge in [0.05, 0.1) is 13.2 Å². The molecule has 2 saturated carbocycles. The monoisotopic (exact) mass is 332 g/mol. The van der Waals surface area contributed by atoms with Crippen molar-refractivity contribution in [2.75, 3.05) is 19.7 Å². The first kappa shape index (κ1) is 16.1. The number of nitrogens with one attached hydrogen (secondary N) is 1. The normalized spacial score (nSPS) is 31.2. The second-order valence-corrected chi connectivity index (χ2v) is 7.54. The van der Waals surface area contributed by atoms with Crippen molar-refractivity contribution in [2.24, 2.45) is 17.8 Å². The Morgan fingerprint density at radius 1 is 1.33 bits per heavy atom. The first-order valence-corrected chi connectivity index (χ1v) is 9.57. The summed E-state index contributed by atoms with van der Waals surface area (Å²) in [6.07, 6.45) is 8.49. The third-order valence-electron chi connectivity index (χ3n) is 5.96. The number of carbonyl (C=O) groups excluding carboxylic acids is 1. The molecule has 6 nitrogen and oxygen atoms in total. The number of hydrogen-bond donors (Lipinski definition) is 1. The van der Waals surface area contributed by atoms with E-state index >= 15 is 0 Å². The van der Waals surface area contributed by atoms with E-state index in [9.17, 15) is 4.79 Å². The Morgan fingerprint density at radius 3 is 2.92 bits per heavy atom. The number of rotatable bonds is 4. The summed E-state index contributed by atoms with van der Waals surface area (Å²) in [5.74, 6) is 3.61. The maximum absolute atomic E-state index is 12.9. The summed E-state index contributed by atoms with van der Waals surface area (Å²) in [7, 11) is 0. The molecule has 0 radical (unpaired) electrons. The molecule has 3 fully saturated rings. The largest absolute Gasteiger partial charge is 0.366 e. The summed E-state index contributed by atoms with van der Waals surface area (Å²) in [6, 6.07) is 0. The molecule has 2 heterocycles. The smallest absolute Gasteiger partial charge is 0.226 e. The zero-order valence-electron chi connectivity index (χ0n) is 14.5. The molecule has 24 heavy (non-hydrogen) atoms. The molecular formula is C18H28N4O2. The van der Waals surface area contributed by atoms with Crippen molar-refractivity contribution in [3.05, 3.63) is 11.6 Å².